The van der Waals surface area contributed by atoms with E-state index in [0.717, 1.165) is 30.0 Å². The summed E-state index contributed by atoms with van der Waals surface area (Å²) in [6.07, 6.45) is 3.34. The number of benzene rings is 2. The van der Waals surface area contributed by atoms with Crippen molar-refractivity contribution < 1.29 is 19.4 Å². The van der Waals surface area contributed by atoms with Crippen LogP contribution in [0.2, 0.25) is 0 Å². The van der Waals surface area contributed by atoms with Gasteiger partial charge in [-0.2, -0.15) is 0 Å². The average Bonchev–Trinajstić information content (AvgIpc) is 3.45. The Kier molecular flexibility index (Phi) is 5.24. The molecule has 1 aliphatic rings. The maximum atomic E-state index is 13.4. The van der Waals surface area contributed by atoms with Crippen LogP contribution in [0.3, 0.4) is 0 Å². The van der Waals surface area contributed by atoms with Crippen LogP contribution in [0.4, 0.5) is 11.4 Å². The van der Waals surface area contributed by atoms with Crippen molar-refractivity contribution >= 4 is 23.3 Å². The fourth-order valence-corrected chi connectivity index (χ4v) is 3.78. The summed E-state index contributed by atoms with van der Waals surface area (Å²) in [6.45, 7) is 1.18. The molecule has 0 spiro atoms. The smallest absolute Gasteiger partial charge is 0.371 e. The van der Waals surface area contributed by atoms with Gasteiger partial charge < -0.3 is 15.2 Å². The molecule has 154 valence electrons. The number of hydrogen-bond donors (Lipinski definition) is 2. The Morgan fingerprint density at radius 1 is 1.00 bits per heavy atom. The zero-order chi connectivity index (χ0) is 21.1. The van der Waals surface area contributed by atoms with Gasteiger partial charge in [-0.05, 0) is 54.6 Å². The van der Waals surface area contributed by atoms with Crippen LogP contribution < -0.4 is 14.6 Å². The van der Waals surface area contributed by atoms with Crippen LogP contribution in [0.5, 0.6) is 5.75 Å². The molecule has 3 aromatic rings. The molecule has 1 aliphatic heterocycles. The normalized spacial score (nSPS) is 15.0. The zero-order valence-corrected chi connectivity index (χ0v) is 16.6. The summed E-state index contributed by atoms with van der Waals surface area (Å²) < 4.78 is 5.15. The van der Waals surface area contributed by atoms with Crippen molar-refractivity contribution in [3.63, 3.8) is 0 Å². The van der Waals surface area contributed by atoms with E-state index < -0.39 is 5.97 Å². The number of carbonyl (C=O) groups is 2. The Bertz CT molecular complexity index is 1050. The van der Waals surface area contributed by atoms with Gasteiger partial charge in [0.05, 0.1) is 18.9 Å². The molecule has 1 aromatic heterocycles. The lowest BCUT2D eigenvalue weighted by molar-refractivity contribution is 0.0545. The molecule has 2 N–H and O–H groups in total. The number of amides is 1. The number of hydrogen-bond acceptors (Lipinski definition) is 5. The number of likely N-dealkylation sites (tertiary alicyclic amines) is 1. The van der Waals surface area contributed by atoms with Crippen molar-refractivity contribution in [1.82, 2.24) is 14.5 Å². The van der Waals surface area contributed by atoms with Gasteiger partial charge in [-0.15, -0.1) is 14.5 Å². The minimum Gasteiger partial charge on any atom is -0.497 e. The van der Waals surface area contributed by atoms with Gasteiger partial charge in [0.25, 0.3) is 0 Å². The highest BCUT2D eigenvalue weighted by atomic mass is 16.5. The molecule has 2 aromatic carbocycles. The average molecular weight is 407 g/mol. The molecule has 0 radical (unpaired) electrons. The summed E-state index contributed by atoms with van der Waals surface area (Å²) >= 11 is 0. The summed E-state index contributed by atoms with van der Waals surface area (Å²) in [5, 5.41) is 16.6. The maximum Gasteiger partial charge on any atom is 0.371 e. The third kappa shape index (κ3) is 3.65. The second-order valence-electron chi connectivity index (χ2n) is 7.24. The zero-order valence-electron chi connectivity index (χ0n) is 16.6. The highest BCUT2D eigenvalue weighted by Crippen LogP contribution is 2.24. The number of quaternary nitrogens is 1. The predicted molar refractivity (Wildman–Crippen MR) is 113 cm³/mol. The van der Waals surface area contributed by atoms with Crippen LogP contribution >= 0.6 is 0 Å². The van der Waals surface area contributed by atoms with Gasteiger partial charge in [-0.1, -0.05) is 0 Å². The Morgan fingerprint density at radius 3 is 2.13 bits per heavy atom. The maximum absolute atomic E-state index is 13.4. The molecule has 2 heterocycles. The van der Waals surface area contributed by atoms with Gasteiger partial charge in [0, 0.05) is 24.2 Å². The Labute approximate surface area is 173 Å². The van der Waals surface area contributed by atoms with E-state index in [9.17, 15) is 14.7 Å². The standard InChI is InChI=1S/C22H22N4O4/c1-30-19-10-8-18(9-11-19)23-17-6-4-16(5-7-17)21(27)26(14-2-3-15-26)25-13-12-20(24-25)22(28)29/h4-13H,2-3,14-15H2,1H3,(H-,23,27,28,29)/p+1. The summed E-state index contributed by atoms with van der Waals surface area (Å²) in [4.78, 5) is 26.1. The first kappa shape index (κ1) is 19.7. The first-order chi connectivity index (χ1) is 14.5. The fourth-order valence-electron chi connectivity index (χ4n) is 3.78. The third-order valence-corrected chi connectivity index (χ3v) is 5.38. The molecule has 0 aliphatic carbocycles. The third-order valence-electron chi connectivity index (χ3n) is 5.38. The second kappa shape index (κ2) is 8.00. The van der Waals surface area contributed by atoms with Crippen LogP contribution in [-0.4, -0.2) is 47.1 Å². The quantitative estimate of drug-likeness (QED) is 0.609. The van der Waals surface area contributed by atoms with Gasteiger partial charge in [-0.25, -0.2) is 9.59 Å². The van der Waals surface area contributed by atoms with Crippen LogP contribution in [0, 0.1) is 0 Å². The number of methoxy groups -OCH3 is 1. The lowest BCUT2D eigenvalue weighted by atomic mass is 10.1. The van der Waals surface area contributed by atoms with Crippen LogP contribution in [0.15, 0.2) is 60.8 Å². The van der Waals surface area contributed by atoms with Crippen LogP contribution in [-0.2, 0) is 0 Å². The van der Waals surface area contributed by atoms with Crippen molar-refractivity contribution in [1.29, 1.82) is 0 Å². The SMILES string of the molecule is COc1ccc(Nc2ccc(C(=O)[N+]3(n4ccc(C(=O)O)n4)CCCC3)cc2)cc1. The monoisotopic (exact) mass is 407 g/mol. The molecule has 0 saturated carbocycles. The van der Waals surface area contributed by atoms with E-state index in [1.807, 2.05) is 36.4 Å². The molecule has 1 fully saturated rings. The predicted octanol–water partition coefficient (Wildman–Crippen LogP) is 3.41. The first-order valence-electron chi connectivity index (χ1n) is 9.75. The molecule has 0 bridgehead atoms. The number of anilines is 2. The minimum absolute atomic E-state index is 0.0153. The van der Waals surface area contributed by atoms with E-state index in [-0.39, 0.29) is 16.2 Å². The summed E-state index contributed by atoms with van der Waals surface area (Å²) in [6, 6.07) is 16.3. The van der Waals surface area contributed by atoms with Crippen molar-refractivity contribution in [3.8, 4) is 5.75 Å². The van der Waals surface area contributed by atoms with E-state index in [2.05, 4.69) is 10.4 Å². The van der Waals surface area contributed by atoms with Crippen molar-refractivity contribution in [2.75, 3.05) is 25.5 Å². The Morgan fingerprint density at radius 2 is 1.60 bits per heavy atom. The van der Waals surface area contributed by atoms with E-state index in [1.54, 1.807) is 25.4 Å². The summed E-state index contributed by atoms with van der Waals surface area (Å²) in [5.41, 5.74) is 2.27. The number of nitrogens with zero attached hydrogens (tertiary/aromatic N) is 3. The Hall–Kier alpha value is -3.65. The topological polar surface area (TPSA) is 93.5 Å². The van der Waals surface area contributed by atoms with Gasteiger partial charge in [0.2, 0.25) is 0 Å². The molecule has 4 rings (SSSR count). The molecule has 0 atom stereocenters. The molecular weight excluding hydrogens is 384 g/mol. The number of carboxylic acids is 1. The number of carbonyl (C=O) groups excluding carboxylic acids is 1. The van der Waals surface area contributed by atoms with E-state index in [1.165, 1.54) is 10.9 Å². The Balaban J connectivity index is 1.55. The summed E-state index contributed by atoms with van der Waals surface area (Å²) in [5.74, 6) is -0.415. The lowest BCUT2D eigenvalue weighted by Crippen LogP contribution is -2.60. The highest BCUT2D eigenvalue weighted by Gasteiger charge is 2.44. The number of ether oxygens (including phenoxy) is 1. The van der Waals surface area contributed by atoms with Crippen LogP contribution in [0.25, 0.3) is 0 Å². The minimum atomic E-state index is -1.10. The lowest BCUT2D eigenvalue weighted by Gasteiger charge is -2.29. The van der Waals surface area contributed by atoms with Gasteiger partial charge in [-0.3, -0.25) is 0 Å². The molecular formula is C22H23N4O4+. The summed E-state index contributed by atoms with van der Waals surface area (Å²) in [7, 11) is 1.62. The number of nitrogens with one attached hydrogen (secondary N) is 1. The van der Waals surface area contributed by atoms with Gasteiger partial charge >= 0.3 is 11.9 Å². The van der Waals surface area contributed by atoms with Crippen molar-refractivity contribution in [2.24, 2.45) is 0 Å². The molecule has 0 unspecified atom stereocenters. The van der Waals surface area contributed by atoms with E-state index >= 15 is 0 Å². The first-order valence-corrected chi connectivity index (χ1v) is 9.75. The van der Waals surface area contributed by atoms with Crippen molar-refractivity contribution in [3.05, 3.63) is 72.1 Å². The molecule has 8 heteroatoms. The largest absolute Gasteiger partial charge is 0.497 e. The number of aromatic carboxylic acids is 1. The fraction of sp³-hybridized carbons (Fsp3) is 0.227. The van der Waals surface area contributed by atoms with E-state index in [0.29, 0.717) is 18.7 Å². The highest BCUT2D eigenvalue weighted by molar-refractivity contribution is 5.99. The van der Waals surface area contributed by atoms with Gasteiger partial charge in [0.1, 0.15) is 18.8 Å². The number of aromatic nitrogens is 2. The second-order valence-corrected chi connectivity index (χ2v) is 7.24. The molecule has 1 amide bonds. The molecule has 30 heavy (non-hydrogen) atoms. The van der Waals surface area contributed by atoms with E-state index in [4.69, 9.17) is 4.74 Å². The van der Waals surface area contributed by atoms with Crippen molar-refractivity contribution in [2.45, 2.75) is 12.8 Å². The molecule has 8 nitrogen and oxygen atoms in total. The van der Waals surface area contributed by atoms with Crippen LogP contribution in [0.1, 0.15) is 33.7 Å². The molecule has 1 saturated heterocycles. The number of rotatable bonds is 6. The number of carboxylic acid groups (broad SMARTS) is 1. The van der Waals surface area contributed by atoms with Gasteiger partial charge in [0.15, 0.2) is 5.69 Å².